The molecule has 15 heavy (non-hydrogen) atoms. The summed E-state index contributed by atoms with van der Waals surface area (Å²) in [5.74, 6) is -3.91. The maximum Gasteiger partial charge on any atom is 0.294 e. The first kappa shape index (κ1) is 9.95. The van der Waals surface area contributed by atoms with E-state index >= 15 is 0 Å². The lowest BCUT2D eigenvalue weighted by atomic mass is 10.1. The van der Waals surface area contributed by atoms with Crippen LogP contribution in [0, 0.1) is 17.0 Å². The van der Waals surface area contributed by atoms with Crippen molar-refractivity contribution in [3.63, 3.8) is 0 Å². The van der Waals surface area contributed by atoms with Crippen LogP contribution in [0.4, 0.5) is 14.5 Å². The van der Waals surface area contributed by atoms with Crippen molar-refractivity contribution in [1.82, 2.24) is 4.98 Å². The first-order valence-corrected chi connectivity index (χ1v) is 4.41. The highest BCUT2D eigenvalue weighted by molar-refractivity contribution is 5.47. The Morgan fingerprint density at radius 3 is 2.73 bits per heavy atom. The second-order valence-electron chi connectivity index (χ2n) is 3.64. The van der Waals surface area contributed by atoms with Crippen LogP contribution in [0.25, 0.3) is 0 Å². The molecular weight excluding hydrogens is 206 g/mol. The van der Waals surface area contributed by atoms with Gasteiger partial charge in [0, 0.05) is 18.2 Å². The third kappa shape index (κ3) is 1.55. The van der Waals surface area contributed by atoms with E-state index in [-0.39, 0.29) is 17.8 Å². The molecule has 0 aliphatic heterocycles. The van der Waals surface area contributed by atoms with Gasteiger partial charge in [0.1, 0.15) is 5.69 Å². The highest BCUT2D eigenvalue weighted by Gasteiger charge is 2.60. The number of aromatic nitrogens is 1. The van der Waals surface area contributed by atoms with Crippen molar-refractivity contribution in [1.29, 1.82) is 0 Å². The lowest BCUT2D eigenvalue weighted by Crippen LogP contribution is -2.03. The minimum atomic E-state index is -2.83. The fourth-order valence-corrected chi connectivity index (χ4v) is 1.57. The third-order valence-electron chi connectivity index (χ3n) is 2.49. The van der Waals surface area contributed by atoms with Crippen LogP contribution < -0.4 is 0 Å². The van der Waals surface area contributed by atoms with Gasteiger partial charge in [-0.15, -0.1) is 0 Å². The summed E-state index contributed by atoms with van der Waals surface area (Å²) in [6.45, 7) is 1.52. The standard InChI is InChI=1S/C9H8F2N2O2/c1-5-2-3-12-7(8(5)13(14)15)6-4-9(6,10)11/h2-3,6H,4H2,1H3. The molecule has 2 rings (SSSR count). The summed E-state index contributed by atoms with van der Waals surface area (Å²) in [6.07, 6.45) is 0.982. The topological polar surface area (TPSA) is 56.0 Å². The summed E-state index contributed by atoms with van der Waals surface area (Å²) in [5.41, 5.74) is -0.00243. The van der Waals surface area contributed by atoms with Gasteiger partial charge in [-0.3, -0.25) is 15.1 Å². The number of aryl methyl sites for hydroxylation is 1. The minimum Gasteiger partial charge on any atom is -0.258 e. The molecule has 1 aliphatic carbocycles. The van der Waals surface area contributed by atoms with Crippen molar-refractivity contribution < 1.29 is 13.7 Å². The van der Waals surface area contributed by atoms with Crippen molar-refractivity contribution in [3.05, 3.63) is 33.6 Å². The van der Waals surface area contributed by atoms with Gasteiger partial charge in [0.05, 0.1) is 10.8 Å². The highest BCUT2D eigenvalue weighted by Crippen LogP contribution is 2.57. The molecule has 1 atom stereocenters. The zero-order chi connectivity index (χ0) is 11.2. The lowest BCUT2D eigenvalue weighted by molar-refractivity contribution is -0.386. The monoisotopic (exact) mass is 214 g/mol. The van der Waals surface area contributed by atoms with Crippen LogP contribution >= 0.6 is 0 Å². The van der Waals surface area contributed by atoms with Gasteiger partial charge in [-0.2, -0.15) is 0 Å². The van der Waals surface area contributed by atoms with Crippen LogP contribution in [0.2, 0.25) is 0 Å². The van der Waals surface area contributed by atoms with E-state index in [9.17, 15) is 18.9 Å². The van der Waals surface area contributed by atoms with Crippen molar-refractivity contribution in [2.75, 3.05) is 0 Å². The first-order chi connectivity index (χ1) is 6.93. The Bertz CT molecular complexity index is 434. The van der Waals surface area contributed by atoms with Crippen molar-refractivity contribution in [3.8, 4) is 0 Å². The Kier molecular flexibility index (Phi) is 1.95. The molecule has 1 unspecified atom stereocenters. The second-order valence-corrected chi connectivity index (χ2v) is 3.64. The van der Waals surface area contributed by atoms with Crippen LogP contribution in [0.3, 0.4) is 0 Å². The predicted octanol–water partition coefficient (Wildman–Crippen LogP) is 2.42. The Morgan fingerprint density at radius 2 is 2.27 bits per heavy atom. The van der Waals surface area contributed by atoms with Crippen molar-refractivity contribution >= 4 is 5.69 Å². The summed E-state index contributed by atoms with van der Waals surface area (Å²) in [4.78, 5) is 13.8. The lowest BCUT2D eigenvalue weighted by Gasteiger charge is -2.02. The largest absolute Gasteiger partial charge is 0.294 e. The number of rotatable bonds is 2. The van der Waals surface area contributed by atoms with Gasteiger partial charge in [-0.05, 0) is 13.0 Å². The van der Waals surface area contributed by atoms with Crippen LogP contribution in [0.15, 0.2) is 12.3 Å². The number of hydrogen-bond donors (Lipinski definition) is 0. The molecule has 1 aromatic heterocycles. The van der Waals surface area contributed by atoms with Crippen LogP contribution in [0.5, 0.6) is 0 Å². The van der Waals surface area contributed by atoms with E-state index in [2.05, 4.69) is 4.98 Å². The molecule has 0 spiro atoms. The molecular formula is C9H8F2N2O2. The van der Waals surface area contributed by atoms with E-state index in [1.807, 2.05) is 0 Å². The number of hydrogen-bond acceptors (Lipinski definition) is 3. The van der Waals surface area contributed by atoms with Crippen molar-refractivity contribution in [2.24, 2.45) is 0 Å². The maximum absolute atomic E-state index is 12.8. The van der Waals surface area contributed by atoms with Gasteiger partial charge < -0.3 is 0 Å². The molecule has 1 heterocycles. The fraction of sp³-hybridized carbons (Fsp3) is 0.444. The molecule has 80 valence electrons. The van der Waals surface area contributed by atoms with Crippen LogP contribution in [0.1, 0.15) is 23.6 Å². The summed E-state index contributed by atoms with van der Waals surface area (Å²) >= 11 is 0. The molecule has 6 heteroatoms. The molecule has 0 saturated heterocycles. The van der Waals surface area contributed by atoms with E-state index in [1.165, 1.54) is 19.2 Å². The Balaban J connectivity index is 2.48. The smallest absolute Gasteiger partial charge is 0.258 e. The Hall–Kier alpha value is -1.59. The van der Waals surface area contributed by atoms with E-state index < -0.39 is 16.8 Å². The molecule has 0 amide bonds. The van der Waals surface area contributed by atoms with Gasteiger partial charge in [-0.1, -0.05) is 0 Å². The summed E-state index contributed by atoms with van der Waals surface area (Å²) in [7, 11) is 0. The summed E-state index contributed by atoms with van der Waals surface area (Å²) < 4.78 is 25.6. The Morgan fingerprint density at radius 1 is 1.67 bits per heavy atom. The average Bonchev–Trinajstić information content (AvgIpc) is 2.74. The quantitative estimate of drug-likeness (QED) is 0.561. The number of nitrogens with zero attached hydrogens (tertiary/aromatic N) is 2. The fourth-order valence-electron chi connectivity index (χ4n) is 1.57. The predicted molar refractivity (Wildman–Crippen MR) is 47.9 cm³/mol. The van der Waals surface area contributed by atoms with Crippen molar-refractivity contribution in [2.45, 2.75) is 25.2 Å². The molecule has 1 fully saturated rings. The van der Waals surface area contributed by atoms with Crippen LogP contribution in [-0.2, 0) is 0 Å². The molecule has 0 N–H and O–H groups in total. The maximum atomic E-state index is 12.8. The molecule has 1 aliphatic rings. The molecule has 0 aromatic carbocycles. The number of pyridine rings is 1. The first-order valence-electron chi connectivity index (χ1n) is 4.41. The van der Waals surface area contributed by atoms with Gasteiger partial charge in [0.15, 0.2) is 0 Å². The molecule has 0 bridgehead atoms. The second kappa shape index (κ2) is 2.95. The Labute approximate surface area is 84.1 Å². The molecule has 1 saturated carbocycles. The van der Waals surface area contributed by atoms with Gasteiger partial charge >= 0.3 is 0 Å². The highest BCUT2D eigenvalue weighted by atomic mass is 19.3. The van der Waals surface area contributed by atoms with Gasteiger partial charge in [-0.25, -0.2) is 8.78 Å². The van der Waals surface area contributed by atoms with E-state index in [1.54, 1.807) is 0 Å². The zero-order valence-electron chi connectivity index (χ0n) is 7.91. The van der Waals surface area contributed by atoms with E-state index in [0.29, 0.717) is 5.56 Å². The minimum absolute atomic E-state index is 0.0926. The average molecular weight is 214 g/mol. The number of nitro groups is 1. The summed E-state index contributed by atoms with van der Waals surface area (Å²) in [5, 5.41) is 10.7. The van der Waals surface area contributed by atoms with Crippen LogP contribution in [-0.4, -0.2) is 15.8 Å². The summed E-state index contributed by atoms with van der Waals surface area (Å²) in [6, 6.07) is 1.45. The third-order valence-corrected chi connectivity index (χ3v) is 2.49. The van der Waals surface area contributed by atoms with E-state index in [0.717, 1.165) is 0 Å². The van der Waals surface area contributed by atoms with Gasteiger partial charge in [0.25, 0.3) is 11.6 Å². The number of alkyl halides is 2. The van der Waals surface area contributed by atoms with E-state index in [4.69, 9.17) is 0 Å². The number of halogens is 2. The normalized spacial score (nSPS) is 22.5. The van der Waals surface area contributed by atoms with Gasteiger partial charge in [0.2, 0.25) is 0 Å². The molecule has 4 nitrogen and oxygen atoms in total. The SMILES string of the molecule is Cc1ccnc(C2CC2(F)F)c1[N+](=O)[O-]. The molecule has 0 radical (unpaired) electrons. The zero-order valence-corrected chi connectivity index (χ0v) is 7.91. The molecule has 1 aromatic rings.